The Morgan fingerprint density at radius 1 is 1.03 bits per heavy atom. The molecule has 2 N–H and O–H groups in total. The number of carbonyl (C=O) groups excluding carboxylic acids is 1. The van der Waals surface area contributed by atoms with E-state index in [1.165, 1.54) is 0 Å². The van der Waals surface area contributed by atoms with Crippen molar-refractivity contribution in [2.24, 2.45) is 0 Å². The van der Waals surface area contributed by atoms with Crippen molar-refractivity contribution in [2.75, 3.05) is 5.32 Å². The van der Waals surface area contributed by atoms with E-state index >= 15 is 0 Å². The molecule has 2 aromatic heterocycles. The molecule has 0 aliphatic heterocycles. The molecule has 0 aliphatic rings. The van der Waals surface area contributed by atoms with Crippen molar-refractivity contribution in [2.45, 2.75) is 20.8 Å². The van der Waals surface area contributed by atoms with Gasteiger partial charge in [0.25, 0.3) is 5.91 Å². The van der Waals surface area contributed by atoms with Crippen LogP contribution in [0.2, 0.25) is 5.02 Å². The maximum atomic E-state index is 12.9. The number of aromatic amines is 1. The number of anilines is 1. The van der Waals surface area contributed by atoms with E-state index in [4.69, 9.17) is 16.1 Å². The van der Waals surface area contributed by atoms with Crippen LogP contribution in [0, 0.1) is 20.8 Å². The van der Waals surface area contributed by atoms with Crippen LogP contribution in [0.1, 0.15) is 27.4 Å². The average Bonchev–Trinajstić information content (AvgIpc) is 3.33. The van der Waals surface area contributed by atoms with Crippen molar-refractivity contribution >= 4 is 23.2 Å². The van der Waals surface area contributed by atoms with Crippen LogP contribution >= 0.6 is 11.6 Å². The number of carbonyl (C=O) groups is 1. The lowest BCUT2D eigenvalue weighted by atomic mass is 10.0. The molecule has 0 bridgehead atoms. The normalized spacial score (nSPS) is 10.9. The van der Waals surface area contributed by atoms with E-state index < -0.39 is 5.91 Å². The van der Waals surface area contributed by atoms with Crippen LogP contribution in [-0.2, 0) is 0 Å². The Hall–Kier alpha value is -3.38. The van der Waals surface area contributed by atoms with Crippen molar-refractivity contribution in [3.8, 4) is 22.5 Å². The molecule has 2 aromatic carbocycles. The number of aryl methyl sites for hydroxylation is 3. The maximum Gasteiger partial charge on any atom is 0.294 e. The van der Waals surface area contributed by atoms with Crippen LogP contribution in [0.4, 0.5) is 5.69 Å². The lowest BCUT2D eigenvalue weighted by Crippen LogP contribution is -2.13. The Labute approximate surface area is 172 Å². The molecule has 0 aliphatic carbocycles. The van der Waals surface area contributed by atoms with Gasteiger partial charge in [0, 0.05) is 22.9 Å². The molecule has 7 heteroatoms. The van der Waals surface area contributed by atoms with E-state index in [0.717, 1.165) is 28.1 Å². The van der Waals surface area contributed by atoms with Gasteiger partial charge in [0.05, 0.1) is 16.4 Å². The highest BCUT2D eigenvalue weighted by atomic mass is 35.5. The van der Waals surface area contributed by atoms with Crippen molar-refractivity contribution < 1.29 is 9.32 Å². The third-order valence-electron chi connectivity index (χ3n) is 4.58. The van der Waals surface area contributed by atoms with E-state index in [2.05, 4.69) is 20.7 Å². The quantitative estimate of drug-likeness (QED) is 0.464. The second-order valence-corrected chi connectivity index (χ2v) is 7.36. The first kappa shape index (κ1) is 19.0. The number of aromatic nitrogens is 3. The van der Waals surface area contributed by atoms with Crippen molar-refractivity contribution in [3.05, 3.63) is 76.1 Å². The summed E-state index contributed by atoms with van der Waals surface area (Å²) in [6.45, 7) is 5.89. The molecule has 1 amide bonds. The molecule has 6 nitrogen and oxygen atoms in total. The Balaban J connectivity index is 1.67. The Morgan fingerprint density at radius 3 is 2.55 bits per heavy atom. The van der Waals surface area contributed by atoms with Gasteiger partial charge in [0.15, 0.2) is 0 Å². The van der Waals surface area contributed by atoms with E-state index in [1.54, 1.807) is 12.1 Å². The fraction of sp³-hybridized carbons (Fsp3) is 0.136. The van der Waals surface area contributed by atoms with E-state index in [9.17, 15) is 4.79 Å². The monoisotopic (exact) mass is 406 g/mol. The Morgan fingerprint density at radius 2 is 1.83 bits per heavy atom. The lowest BCUT2D eigenvalue weighted by Gasteiger charge is -2.13. The molecular weight excluding hydrogens is 388 g/mol. The van der Waals surface area contributed by atoms with Gasteiger partial charge in [0.1, 0.15) is 5.69 Å². The number of hydrogen-bond donors (Lipinski definition) is 2. The minimum Gasteiger partial charge on any atom is -0.350 e. The number of amides is 1. The molecule has 0 saturated heterocycles. The summed E-state index contributed by atoms with van der Waals surface area (Å²) in [5, 5.41) is 14.8. The highest BCUT2D eigenvalue weighted by molar-refractivity contribution is 6.33. The predicted molar refractivity (Wildman–Crippen MR) is 113 cm³/mol. The number of hydrogen-bond acceptors (Lipinski definition) is 4. The molecule has 0 unspecified atom stereocenters. The number of benzene rings is 2. The Bertz CT molecular complexity index is 1210. The summed E-state index contributed by atoms with van der Waals surface area (Å²) in [6, 6.07) is 14.8. The van der Waals surface area contributed by atoms with Crippen molar-refractivity contribution in [1.82, 2.24) is 15.4 Å². The average molecular weight is 407 g/mol. The molecular formula is C22H19ClN4O2. The SMILES string of the molecule is Cc1cc(C)c(NC(=O)c2cc(-c3ccccc3Cl)no2)c(-c2cc(C)[nH]n2)c1. The molecule has 29 heavy (non-hydrogen) atoms. The standard InChI is InChI=1S/C22H19ClN4O2/c1-12-8-13(2)21(16(9-12)18-10-14(3)25-26-18)24-22(28)20-11-19(27-29-20)15-6-4-5-7-17(15)23/h4-11H,1-3H3,(H,24,28)(H,25,26). The minimum absolute atomic E-state index is 0.101. The summed E-state index contributed by atoms with van der Waals surface area (Å²) in [5.74, 6) is -0.291. The van der Waals surface area contributed by atoms with Gasteiger partial charge >= 0.3 is 0 Å². The molecule has 146 valence electrons. The number of halogens is 1. The van der Waals surface area contributed by atoms with Gasteiger partial charge < -0.3 is 9.84 Å². The molecule has 4 aromatic rings. The fourth-order valence-corrected chi connectivity index (χ4v) is 3.48. The fourth-order valence-electron chi connectivity index (χ4n) is 3.24. The Kier molecular flexibility index (Phi) is 4.94. The lowest BCUT2D eigenvalue weighted by molar-refractivity contribution is 0.0988. The molecule has 0 radical (unpaired) electrons. The third kappa shape index (κ3) is 3.79. The zero-order valence-corrected chi connectivity index (χ0v) is 17.0. The van der Waals surface area contributed by atoms with Gasteiger partial charge in [0.2, 0.25) is 5.76 Å². The number of rotatable bonds is 4. The first-order valence-electron chi connectivity index (χ1n) is 9.09. The smallest absolute Gasteiger partial charge is 0.294 e. The number of H-pyrrole nitrogens is 1. The summed E-state index contributed by atoms with van der Waals surface area (Å²) >= 11 is 6.21. The largest absolute Gasteiger partial charge is 0.350 e. The van der Waals surface area contributed by atoms with Crippen LogP contribution in [0.25, 0.3) is 22.5 Å². The summed E-state index contributed by atoms with van der Waals surface area (Å²) in [4.78, 5) is 12.9. The van der Waals surface area contributed by atoms with Crippen LogP contribution in [-0.4, -0.2) is 21.3 Å². The first-order chi connectivity index (χ1) is 13.9. The van der Waals surface area contributed by atoms with Crippen LogP contribution in [0.5, 0.6) is 0 Å². The zero-order chi connectivity index (χ0) is 20.5. The zero-order valence-electron chi connectivity index (χ0n) is 16.2. The van der Waals surface area contributed by atoms with E-state index in [-0.39, 0.29) is 5.76 Å². The van der Waals surface area contributed by atoms with Gasteiger partial charge in [-0.15, -0.1) is 0 Å². The number of nitrogens with zero attached hydrogens (tertiary/aromatic N) is 2. The van der Waals surface area contributed by atoms with Crippen LogP contribution in [0.15, 0.2) is 53.1 Å². The summed E-state index contributed by atoms with van der Waals surface area (Å²) < 4.78 is 5.28. The third-order valence-corrected chi connectivity index (χ3v) is 4.91. The summed E-state index contributed by atoms with van der Waals surface area (Å²) in [5.41, 5.74) is 6.45. The van der Waals surface area contributed by atoms with Crippen molar-refractivity contribution in [1.29, 1.82) is 0 Å². The highest BCUT2D eigenvalue weighted by Crippen LogP contribution is 2.32. The molecule has 0 spiro atoms. The summed E-state index contributed by atoms with van der Waals surface area (Å²) in [6.07, 6.45) is 0. The van der Waals surface area contributed by atoms with Crippen LogP contribution in [0.3, 0.4) is 0 Å². The molecule has 0 saturated carbocycles. The second-order valence-electron chi connectivity index (χ2n) is 6.95. The number of nitrogens with one attached hydrogen (secondary N) is 2. The van der Waals surface area contributed by atoms with Gasteiger partial charge in [-0.25, -0.2) is 0 Å². The van der Waals surface area contributed by atoms with Gasteiger partial charge in [-0.1, -0.05) is 46.6 Å². The van der Waals surface area contributed by atoms with Gasteiger partial charge in [-0.3, -0.25) is 9.89 Å². The first-order valence-corrected chi connectivity index (χ1v) is 9.47. The topological polar surface area (TPSA) is 83.8 Å². The van der Waals surface area contributed by atoms with Crippen molar-refractivity contribution in [3.63, 3.8) is 0 Å². The molecule has 2 heterocycles. The minimum atomic E-state index is -0.392. The summed E-state index contributed by atoms with van der Waals surface area (Å²) in [7, 11) is 0. The maximum absolute atomic E-state index is 12.9. The van der Waals surface area contributed by atoms with Gasteiger partial charge in [-0.05, 0) is 44.5 Å². The van der Waals surface area contributed by atoms with E-state index in [0.29, 0.717) is 22.0 Å². The molecule has 0 atom stereocenters. The van der Waals surface area contributed by atoms with Gasteiger partial charge in [-0.2, -0.15) is 5.10 Å². The molecule has 0 fully saturated rings. The van der Waals surface area contributed by atoms with E-state index in [1.807, 2.05) is 57.2 Å². The predicted octanol–water partition coefficient (Wildman–Crippen LogP) is 5.56. The van der Waals surface area contributed by atoms with Crippen LogP contribution < -0.4 is 5.32 Å². The second kappa shape index (κ2) is 7.56. The highest BCUT2D eigenvalue weighted by Gasteiger charge is 2.19. The molecule has 4 rings (SSSR count).